The van der Waals surface area contributed by atoms with Crippen LogP contribution in [0.4, 0.5) is 5.69 Å². The number of anilines is 1. The van der Waals surface area contributed by atoms with Crippen molar-refractivity contribution in [2.75, 3.05) is 5.32 Å². The van der Waals surface area contributed by atoms with E-state index in [1.54, 1.807) is 23.5 Å². The van der Waals surface area contributed by atoms with E-state index in [1.807, 2.05) is 13.0 Å². The fraction of sp³-hybridized carbons (Fsp3) is 0.368. The number of thiophene rings is 1. The van der Waals surface area contributed by atoms with E-state index in [0.29, 0.717) is 26.8 Å². The molecule has 1 aliphatic rings. The topological polar surface area (TPSA) is 76.9 Å². The number of benzene rings is 1. The standard InChI is InChI=1S/C19H19ClN4O2S/c1-10-3-6-13-15(7-10)27-18-17(13)19(26)24(23-22-18)9-16(25)21-12-5-4-11(2)14(20)8-12/h4-5,8,10H,3,6-7,9H2,1-2H3,(H,21,25)/t10-/m1/s1. The largest absolute Gasteiger partial charge is 0.324 e. The molecule has 0 unspecified atom stereocenters. The minimum Gasteiger partial charge on any atom is -0.324 e. The first-order chi connectivity index (χ1) is 12.9. The average molecular weight is 403 g/mol. The molecule has 1 atom stereocenters. The molecule has 140 valence electrons. The third-order valence-electron chi connectivity index (χ3n) is 4.93. The number of nitrogens with zero attached hydrogens (tertiary/aromatic N) is 3. The summed E-state index contributed by atoms with van der Waals surface area (Å²) in [7, 11) is 0. The molecule has 0 saturated carbocycles. The molecule has 0 aliphatic heterocycles. The van der Waals surface area contributed by atoms with Crippen LogP contribution in [0.15, 0.2) is 23.0 Å². The Kier molecular flexibility index (Phi) is 4.74. The van der Waals surface area contributed by atoms with Gasteiger partial charge in [0, 0.05) is 15.6 Å². The first-order valence-corrected chi connectivity index (χ1v) is 10.1. The summed E-state index contributed by atoms with van der Waals surface area (Å²) in [5.41, 5.74) is 2.36. The number of carbonyl (C=O) groups is 1. The number of amides is 1. The van der Waals surface area contributed by atoms with Crippen LogP contribution in [0.5, 0.6) is 0 Å². The van der Waals surface area contributed by atoms with Gasteiger partial charge in [-0.25, -0.2) is 4.68 Å². The summed E-state index contributed by atoms with van der Waals surface area (Å²) in [5, 5.41) is 12.1. The summed E-state index contributed by atoms with van der Waals surface area (Å²) in [5.74, 6) is 0.274. The molecule has 1 aromatic carbocycles. The molecule has 27 heavy (non-hydrogen) atoms. The molecule has 8 heteroatoms. The first kappa shape index (κ1) is 18.1. The number of nitrogens with one attached hydrogen (secondary N) is 1. The van der Waals surface area contributed by atoms with Gasteiger partial charge >= 0.3 is 0 Å². The second-order valence-corrected chi connectivity index (χ2v) is 8.59. The normalized spacial score (nSPS) is 16.3. The van der Waals surface area contributed by atoms with E-state index in [0.717, 1.165) is 35.1 Å². The SMILES string of the molecule is Cc1ccc(NC(=O)Cn2nnc3sc4c(c3c2=O)CC[C@@H](C)C4)cc1Cl. The number of halogens is 1. The van der Waals surface area contributed by atoms with Crippen LogP contribution in [-0.2, 0) is 24.2 Å². The van der Waals surface area contributed by atoms with Crippen LogP contribution < -0.4 is 10.9 Å². The number of hydrogen-bond donors (Lipinski definition) is 1. The van der Waals surface area contributed by atoms with Gasteiger partial charge in [-0.3, -0.25) is 9.59 Å². The molecule has 1 N–H and O–H groups in total. The lowest BCUT2D eigenvalue weighted by Gasteiger charge is -2.17. The number of carbonyl (C=O) groups excluding carboxylic acids is 1. The van der Waals surface area contributed by atoms with E-state index in [2.05, 4.69) is 22.6 Å². The van der Waals surface area contributed by atoms with Crippen LogP contribution in [0.2, 0.25) is 5.02 Å². The molecule has 0 spiro atoms. The van der Waals surface area contributed by atoms with Gasteiger partial charge in [0.05, 0.1) is 5.39 Å². The highest BCUT2D eigenvalue weighted by Crippen LogP contribution is 2.35. The van der Waals surface area contributed by atoms with Gasteiger partial charge in [0.2, 0.25) is 5.91 Å². The van der Waals surface area contributed by atoms with Crippen LogP contribution >= 0.6 is 22.9 Å². The molecule has 0 bridgehead atoms. The lowest BCUT2D eigenvalue weighted by molar-refractivity contribution is -0.117. The fourth-order valence-corrected chi connectivity index (χ4v) is 4.90. The van der Waals surface area contributed by atoms with Crippen LogP contribution in [0.1, 0.15) is 29.3 Å². The number of fused-ring (bicyclic) bond motifs is 3. The highest BCUT2D eigenvalue weighted by Gasteiger charge is 2.24. The minimum absolute atomic E-state index is 0.186. The predicted molar refractivity (Wildman–Crippen MR) is 108 cm³/mol. The maximum Gasteiger partial charge on any atom is 0.279 e. The van der Waals surface area contributed by atoms with Gasteiger partial charge in [-0.2, -0.15) is 0 Å². The van der Waals surface area contributed by atoms with E-state index >= 15 is 0 Å². The summed E-state index contributed by atoms with van der Waals surface area (Å²) < 4.78 is 1.14. The maximum absolute atomic E-state index is 12.9. The lowest BCUT2D eigenvalue weighted by Crippen LogP contribution is -2.30. The van der Waals surface area contributed by atoms with E-state index in [9.17, 15) is 9.59 Å². The van der Waals surface area contributed by atoms with Crippen molar-refractivity contribution in [3.8, 4) is 0 Å². The quantitative estimate of drug-likeness (QED) is 0.726. The Morgan fingerprint density at radius 2 is 2.26 bits per heavy atom. The third kappa shape index (κ3) is 3.49. The van der Waals surface area contributed by atoms with Gasteiger partial charge in [0.1, 0.15) is 6.54 Å². The Morgan fingerprint density at radius 1 is 1.44 bits per heavy atom. The minimum atomic E-state index is -0.344. The van der Waals surface area contributed by atoms with Gasteiger partial charge in [-0.15, -0.1) is 16.4 Å². The molecule has 4 rings (SSSR count). The van der Waals surface area contributed by atoms with E-state index in [4.69, 9.17) is 11.6 Å². The van der Waals surface area contributed by atoms with Crippen LogP contribution in [0.3, 0.4) is 0 Å². The predicted octanol–water partition coefficient (Wildman–Crippen LogP) is 3.58. The molecule has 1 aliphatic carbocycles. The highest BCUT2D eigenvalue weighted by molar-refractivity contribution is 7.18. The van der Waals surface area contributed by atoms with Crippen molar-refractivity contribution in [3.63, 3.8) is 0 Å². The van der Waals surface area contributed by atoms with Crippen LogP contribution in [-0.4, -0.2) is 20.9 Å². The second kappa shape index (κ2) is 7.05. The molecule has 1 amide bonds. The summed E-state index contributed by atoms with van der Waals surface area (Å²) in [6.45, 7) is 3.92. The molecule has 3 aromatic rings. The molecule has 0 saturated heterocycles. The van der Waals surface area contributed by atoms with Crippen molar-refractivity contribution in [1.82, 2.24) is 15.0 Å². The van der Waals surface area contributed by atoms with Crippen molar-refractivity contribution >= 4 is 44.7 Å². The zero-order chi connectivity index (χ0) is 19.1. The molecule has 2 heterocycles. The molecule has 6 nitrogen and oxygen atoms in total. The summed E-state index contributed by atoms with van der Waals surface area (Å²) in [4.78, 5) is 27.1. The van der Waals surface area contributed by atoms with Crippen molar-refractivity contribution < 1.29 is 4.79 Å². The van der Waals surface area contributed by atoms with Gasteiger partial charge in [0.15, 0.2) is 4.83 Å². The van der Waals surface area contributed by atoms with Crippen LogP contribution in [0.25, 0.3) is 10.2 Å². The summed E-state index contributed by atoms with van der Waals surface area (Å²) >= 11 is 7.63. The average Bonchev–Trinajstić information content (AvgIpc) is 2.98. The van der Waals surface area contributed by atoms with Crippen molar-refractivity contribution in [2.45, 2.75) is 39.7 Å². The number of aromatic nitrogens is 3. The van der Waals surface area contributed by atoms with Gasteiger partial charge in [-0.1, -0.05) is 29.8 Å². The summed E-state index contributed by atoms with van der Waals surface area (Å²) in [6, 6.07) is 5.28. The van der Waals surface area contributed by atoms with E-state index in [1.165, 1.54) is 4.88 Å². The zero-order valence-corrected chi connectivity index (χ0v) is 16.7. The first-order valence-electron chi connectivity index (χ1n) is 8.86. The monoisotopic (exact) mass is 402 g/mol. The smallest absolute Gasteiger partial charge is 0.279 e. The highest BCUT2D eigenvalue weighted by atomic mass is 35.5. The van der Waals surface area contributed by atoms with Gasteiger partial charge < -0.3 is 5.32 Å². The van der Waals surface area contributed by atoms with Gasteiger partial charge in [-0.05, 0) is 55.4 Å². The number of hydrogen-bond acceptors (Lipinski definition) is 5. The van der Waals surface area contributed by atoms with E-state index < -0.39 is 0 Å². The second-order valence-electron chi connectivity index (χ2n) is 7.10. The number of rotatable bonds is 3. The Balaban J connectivity index is 1.60. The molecular weight excluding hydrogens is 384 g/mol. The lowest BCUT2D eigenvalue weighted by atomic mass is 9.89. The zero-order valence-electron chi connectivity index (χ0n) is 15.1. The fourth-order valence-electron chi connectivity index (χ4n) is 3.40. The molecular formula is C19H19ClN4O2S. The maximum atomic E-state index is 12.9. The molecule has 0 radical (unpaired) electrons. The van der Waals surface area contributed by atoms with Crippen molar-refractivity contribution in [2.24, 2.45) is 5.92 Å². The molecule has 0 fully saturated rings. The Bertz CT molecular complexity index is 1110. The summed E-state index contributed by atoms with van der Waals surface area (Å²) in [6.07, 6.45) is 2.92. The Hall–Kier alpha value is -2.25. The number of aryl methyl sites for hydroxylation is 2. The Labute approximate surface area is 165 Å². The van der Waals surface area contributed by atoms with Crippen LogP contribution in [0, 0.1) is 12.8 Å². The van der Waals surface area contributed by atoms with Crippen molar-refractivity contribution in [1.29, 1.82) is 0 Å². The third-order valence-corrected chi connectivity index (χ3v) is 6.48. The Morgan fingerprint density at radius 3 is 3.04 bits per heavy atom. The van der Waals surface area contributed by atoms with Crippen molar-refractivity contribution in [3.05, 3.63) is 49.6 Å². The van der Waals surface area contributed by atoms with Gasteiger partial charge in [0.25, 0.3) is 5.56 Å². The van der Waals surface area contributed by atoms with E-state index in [-0.39, 0.29) is 18.0 Å². The molecule has 2 aromatic heterocycles.